The predicted molar refractivity (Wildman–Crippen MR) is 123 cm³/mol. The van der Waals surface area contributed by atoms with Crippen molar-refractivity contribution in [3.05, 3.63) is 53.6 Å². The van der Waals surface area contributed by atoms with Gasteiger partial charge in [0.1, 0.15) is 17.3 Å². The van der Waals surface area contributed by atoms with Gasteiger partial charge < -0.3 is 14.4 Å². The predicted octanol–water partition coefficient (Wildman–Crippen LogP) is 5.25. The zero-order valence-corrected chi connectivity index (χ0v) is 19.0. The second kappa shape index (κ2) is 11.0. The molecule has 0 aliphatic carbocycles. The van der Waals surface area contributed by atoms with Crippen molar-refractivity contribution in [3.63, 3.8) is 0 Å². The van der Waals surface area contributed by atoms with E-state index in [2.05, 4.69) is 0 Å². The fourth-order valence-corrected chi connectivity index (χ4v) is 3.38. The van der Waals surface area contributed by atoms with Gasteiger partial charge in [-0.1, -0.05) is 36.2 Å². The molecule has 0 saturated heterocycles. The summed E-state index contributed by atoms with van der Waals surface area (Å²) in [5.74, 6) is 2.41. The van der Waals surface area contributed by atoms with E-state index < -0.39 is 0 Å². The Morgan fingerprint density at radius 1 is 1.03 bits per heavy atom. The number of hydrogen-bond acceptors (Lipinski definition) is 5. The summed E-state index contributed by atoms with van der Waals surface area (Å²) in [5, 5.41) is 0. The molecule has 0 atom stereocenters. The first-order valence-electron chi connectivity index (χ1n) is 9.75. The number of anilines is 1. The van der Waals surface area contributed by atoms with Crippen LogP contribution in [-0.2, 0) is 0 Å². The van der Waals surface area contributed by atoms with Crippen molar-refractivity contribution in [1.82, 2.24) is 0 Å². The monoisotopic (exact) mass is 460 g/mol. The first-order valence-corrected chi connectivity index (χ1v) is 9.75. The summed E-state index contributed by atoms with van der Waals surface area (Å²) in [5.41, 5.74) is 2.64. The number of carbonyl (C=O) groups excluding carboxylic acids is 1. The van der Waals surface area contributed by atoms with Gasteiger partial charge in [-0.15, -0.1) is 17.0 Å². The molecule has 5 nitrogen and oxygen atoms in total. The highest BCUT2D eigenvalue weighted by atomic mass is 79.9. The van der Waals surface area contributed by atoms with Gasteiger partial charge in [-0.3, -0.25) is 9.79 Å². The highest BCUT2D eigenvalue weighted by molar-refractivity contribution is 8.93. The highest BCUT2D eigenvalue weighted by Gasteiger charge is 2.23. The molecule has 1 heterocycles. The topological polar surface area (TPSA) is 51.1 Å². The molecule has 0 N–H and O–H groups in total. The van der Waals surface area contributed by atoms with Crippen LogP contribution in [0.2, 0.25) is 0 Å². The Hall–Kier alpha value is -2.34. The van der Waals surface area contributed by atoms with Crippen molar-refractivity contribution in [1.29, 1.82) is 0 Å². The Kier molecular flexibility index (Phi) is 8.70. The number of Topliss-reactive ketones (excluding diaryl/α,β-unsaturated/α-hetero) is 1. The number of hydrogen-bond donors (Lipinski definition) is 0. The average molecular weight is 461 g/mol. The molecule has 6 heteroatoms. The molecule has 1 aliphatic heterocycles. The minimum atomic E-state index is 0. The third-order valence-corrected chi connectivity index (χ3v) is 5.02. The molecule has 0 bridgehead atoms. The largest absolute Gasteiger partial charge is 0.497 e. The van der Waals surface area contributed by atoms with Crippen LogP contribution in [0.3, 0.4) is 0 Å². The number of rotatable bonds is 6. The Balaban J connectivity index is 0.00000300. The molecule has 0 amide bonds. The lowest BCUT2D eigenvalue weighted by atomic mass is 10.1. The van der Waals surface area contributed by atoms with Crippen molar-refractivity contribution in [2.45, 2.75) is 32.6 Å². The van der Waals surface area contributed by atoms with Crippen molar-refractivity contribution in [2.75, 3.05) is 32.2 Å². The van der Waals surface area contributed by atoms with Gasteiger partial charge in [-0.05, 0) is 31.9 Å². The lowest BCUT2D eigenvalue weighted by Crippen LogP contribution is -2.36. The van der Waals surface area contributed by atoms with Gasteiger partial charge in [0.15, 0.2) is 5.78 Å². The lowest BCUT2D eigenvalue weighted by Gasteiger charge is -2.27. The first-order chi connectivity index (χ1) is 13.6. The van der Waals surface area contributed by atoms with Gasteiger partial charge in [-0.25, -0.2) is 0 Å². The average Bonchev–Trinajstić information content (AvgIpc) is 3.01. The third-order valence-electron chi connectivity index (χ3n) is 5.02. The number of halogens is 1. The van der Waals surface area contributed by atoms with Crippen molar-refractivity contribution < 1.29 is 14.3 Å². The van der Waals surface area contributed by atoms with E-state index in [0.717, 1.165) is 55.1 Å². The van der Waals surface area contributed by atoms with Crippen LogP contribution < -0.4 is 14.4 Å². The van der Waals surface area contributed by atoms with Crippen LogP contribution in [0.4, 0.5) is 5.69 Å². The fraction of sp³-hybridized carbons (Fsp3) is 0.391. The number of methoxy groups -OCH3 is 2. The van der Waals surface area contributed by atoms with Crippen LogP contribution in [0.5, 0.6) is 11.5 Å². The maximum absolute atomic E-state index is 13.1. The Morgan fingerprint density at radius 2 is 1.79 bits per heavy atom. The normalized spacial score (nSPS) is 13.6. The molecule has 0 saturated carbocycles. The number of aliphatic imine (C=N–C) groups is 1. The summed E-state index contributed by atoms with van der Waals surface area (Å²) >= 11 is 0. The standard InChI is InChI=1S/C23H28N2O3.BrH/c1-17-8-10-18(11-9-17)21(26)16-25(23-7-5-4-6-14-24-23)20-15-19(27-2)12-13-22(20)28-3;/h8-13,15H,4-7,14,16H2,1-3H3;1H. The summed E-state index contributed by atoms with van der Waals surface area (Å²) in [4.78, 5) is 19.8. The summed E-state index contributed by atoms with van der Waals surface area (Å²) < 4.78 is 11.0. The number of benzene rings is 2. The third kappa shape index (κ3) is 5.82. The molecular formula is C23H29BrN2O3. The number of carbonyl (C=O) groups is 1. The highest BCUT2D eigenvalue weighted by Crippen LogP contribution is 2.33. The van der Waals surface area contributed by atoms with E-state index >= 15 is 0 Å². The quantitative estimate of drug-likeness (QED) is 0.552. The van der Waals surface area contributed by atoms with E-state index in [1.54, 1.807) is 14.2 Å². The molecule has 0 fully saturated rings. The van der Waals surface area contributed by atoms with E-state index in [1.165, 1.54) is 0 Å². The minimum Gasteiger partial charge on any atom is -0.497 e. The molecule has 0 radical (unpaired) electrons. The van der Waals surface area contributed by atoms with E-state index in [9.17, 15) is 4.79 Å². The molecule has 0 spiro atoms. The number of ketones is 1. The Labute approximate surface area is 183 Å². The molecular weight excluding hydrogens is 432 g/mol. The van der Waals surface area contributed by atoms with Gasteiger partial charge in [0.05, 0.1) is 26.5 Å². The van der Waals surface area contributed by atoms with Gasteiger partial charge in [0, 0.05) is 24.6 Å². The van der Waals surface area contributed by atoms with Crippen LogP contribution in [0.25, 0.3) is 0 Å². The maximum atomic E-state index is 13.1. The van der Waals surface area contributed by atoms with Crippen molar-refractivity contribution in [2.24, 2.45) is 4.99 Å². The van der Waals surface area contributed by atoms with Gasteiger partial charge >= 0.3 is 0 Å². The molecule has 0 aromatic heterocycles. The smallest absolute Gasteiger partial charge is 0.182 e. The minimum absolute atomic E-state index is 0. The van der Waals surface area contributed by atoms with Crippen molar-refractivity contribution >= 4 is 34.3 Å². The van der Waals surface area contributed by atoms with E-state index in [-0.39, 0.29) is 29.3 Å². The summed E-state index contributed by atoms with van der Waals surface area (Å²) in [6, 6.07) is 13.3. The Morgan fingerprint density at radius 3 is 2.48 bits per heavy atom. The maximum Gasteiger partial charge on any atom is 0.182 e. The second-order valence-electron chi connectivity index (χ2n) is 7.02. The van der Waals surface area contributed by atoms with Crippen LogP contribution in [0.1, 0.15) is 41.6 Å². The molecule has 156 valence electrons. The van der Waals surface area contributed by atoms with Crippen LogP contribution in [0.15, 0.2) is 47.5 Å². The summed E-state index contributed by atoms with van der Waals surface area (Å²) in [6.07, 6.45) is 4.16. The van der Waals surface area contributed by atoms with Gasteiger partial charge in [0.25, 0.3) is 0 Å². The van der Waals surface area contributed by atoms with Gasteiger partial charge in [0.2, 0.25) is 0 Å². The SMILES string of the molecule is Br.COc1ccc(OC)c(N(CC(=O)c2ccc(C)cc2)C2=NCCCCC2)c1. The van der Waals surface area contributed by atoms with Crippen molar-refractivity contribution in [3.8, 4) is 11.5 Å². The number of ether oxygens (including phenoxy) is 2. The van der Waals surface area contributed by atoms with Gasteiger partial charge in [-0.2, -0.15) is 0 Å². The lowest BCUT2D eigenvalue weighted by molar-refractivity contribution is 0.100. The van der Waals surface area contributed by atoms with Crippen LogP contribution in [0, 0.1) is 6.92 Å². The zero-order chi connectivity index (χ0) is 19.9. The zero-order valence-electron chi connectivity index (χ0n) is 17.3. The summed E-state index contributed by atoms with van der Waals surface area (Å²) in [6.45, 7) is 3.02. The van der Waals surface area contributed by atoms with E-state index in [4.69, 9.17) is 14.5 Å². The molecule has 3 rings (SSSR count). The number of nitrogens with zero attached hydrogens (tertiary/aromatic N) is 2. The van der Waals surface area contributed by atoms with Crippen LogP contribution in [-0.4, -0.2) is 38.9 Å². The molecule has 1 aliphatic rings. The molecule has 2 aromatic rings. The van der Waals surface area contributed by atoms with Crippen LogP contribution >= 0.6 is 17.0 Å². The first kappa shape index (κ1) is 22.9. The molecule has 29 heavy (non-hydrogen) atoms. The number of aryl methyl sites for hydroxylation is 1. The molecule has 0 unspecified atom stereocenters. The second-order valence-corrected chi connectivity index (χ2v) is 7.02. The Bertz CT molecular complexity index is 850. The number of amidine groups is 1. The van der Waals surface area contributed by atoms with E-state index in [0.29, 0.717) is 11.3 Å². The molecule has 2 aromatic carbocycles. The summed E-state index contributed by atoms with van der Waals surface area (Å²) in [7, 11) is 3.27. The fourth-order valence-electron chi connectivity index (χ4n) is 3.38. The van der Waals surface area contributed by atoms with E-state index in [1.807, 2.05) is 54.3 Å².